The number of nitriles is 1. The van der Waals surface area contributed by atoms with Crippen LogP contribution in [0.25, 0.3) is 10.8 Å². The molecule has 0 saturated heterocycles. The third kappa shape index (κ3) is 4.67. The van der Waals surface area contributed by atoms with Gasteiger partial charge in [0.25, 0.3) is 0 Å². The number of nitrogens with zero attached hydrogens (tertiary/aromatic N) is 1. The Balaban J connectivity index is 1.96. The lowest BCUT2D eigenvalue weighted by Crippen LogP contribution is -2.25. The molecule has 0 spiro atoms. The molecule has 1 unspecified atom stereocenters. The van der Waals surface area contributed by atoms with Crippen LogP contribution in [0, 0.1) is 11.3 Å². The van der Waals surface area contributed by atoms with Crippen LogP contribution in [-0.2, 0) is 9.53 Å². The number of hydrogen-bond donors (Lipinski definition) is 0. The first-order chi connectivity index (χ1) is 14.0. The van der Waals surface area contributed by atoms with Crippen molar-refractivity contribution in [2.45, 2.75) is 25.4 Å². The fourth-order valence-corrected chi connectivity index (χ4v) is 3.26. The van der Waals surface area contributed by atoms with E-state index in [-0.39, 0.29) is 18.8 Å². The SMILES string of the molecule is CCOC(=O)[C@@H](F)CC(C(=O)c1ccc2ccccc2c1)c1ccc(C#N)cc1. The number of hydrogen-bond acceptors (Lipinski definition) is 4. The van der Waals surface area contributed by atoms with E-state index in [9.17, 15) is 14.0 Å². The van der Waals surface area contributed by atoms with E-state index in [1.165, 1.54) is 0 Å². The number of ketones is 1. The second-order valence-electron chi connectivity index (χ2n) is 6.67. The first-order valence-corrected chi connectivity index (χ1v) is 9.37. The van der Waals surface area contributed by atoms with Crippen molar-refractivity contribution >= 4 is 22.5 Å². The lowest BCUT2D eigenvalue weighted by atomic mass is 9.85. The molecule has 0 N–H and O–H groups in total. The van der Waals surface area contributed by atoms with Gasteiger partial charge in [-0.3, -0.25) is 4.79 Å². The van der Waals surface area contributed by atoms with Gasteiger partial charge in [0.2, 0.25) is 0 Å². The normalized spacial score (nSPS) is 12.7. The molecule has 0 aliphatic rings. The highest BCUT2D eigenvalue weighted by atomic mass is 19.1. The van der Waals surface area contributed by atoms with Gasteiger partial charge in [0.1, 0.15) is 0 Å². The molecule has 5 heteroatoms. The first-order valence-electron chi connectivity index (χ1n) is 9.37. The Hall–Kier alpha value is -3.52. The summed E-state index contributed by atoms with van der Waals surface area (Å²) in [5.74, 6) is -2.13. The topological polar surface area (TPSA) is 67.2 Å². The van der Waals surface area contributed by atoms with Crippen molar-refractivity contribution in [3.63, 3.8) is 0 Å². The average molecular weight is 389 g/mol. The van der Waals surface area contributed by atoms with Crippen molar-refractivity contribution < 1.29 is 18.7 Å². The smallest absolute Gasteiger partial charge is 0.340 e. The van der Waals surface area contributed by atoms with E-state index >= 15 is 0 Å². The number of carbonyl (C=O) groups excluding carboxylic acids is 2. The second kappa shape index (κ2) is 9.11. The standard InChI is InChI=1S/C24H20FNO3/c1-2-29-24(28)22(25)14-21(18-9-7-16(15-26)8-10-18)23(27)20-12-11-17-5-3-4-6-19(17)13-20/h3-13,21-22H,2,14H2,1H3/t21?,22-/m0/s1. The van der Waals surface area contributed by atoms with E-state index in [0.717, 1.165) is 10.8 Å². The zero-order valence-corrected chi connectivity index (χ0v) is 16.0. The van der Waals surface area contributed by atoms with Crippen LogP contribution in [0.15, 0.2) is 66.7 Å². The van der Waals surface area contributed by atoms with Crippen LogP contribution in [-0.4, -0.2) is 24.5 Å². The zero-order chi connectivity index (χ0) is 20.8. The summed E-state index contributed by atoms with van der Waals surface area (Å²) in [5.41, 5.74) is 1.43. The van der Waals surface area contributed by atoms with Crippen LogP contribution >= 0.6 is 0 Å². The minimum absolute atomic E-state index is 0.0689. The summed E-state index contributed by atoms with van der Waals surface area (Å²) in [6.45, 7) is 1.67. The summed E-state index contributed by atoms with van der Waals surface area (Å²) in [6, 6.07) is 21.4. The summed E-state index contributed by atoms with van der Waals surface area (Å²) in [7, 11) is 0. The lowest BCUT2D eigenvalue weighted by molar-refractivity contribution is -0.149. The number of alkyl halides is 1. The number of carbonyl (C=O) groups is 2. The van der Waals surface area contributed by atoms with Crippen molar-refractivity contribution in [3.8, 4) is 6.07 Å². The summed E-state index contributed by atoms with van der Waals surface area (Å²) >= 11 is 0. The predicted molar refractivity (Wildman–Crippen MR) is 108 cm³/mol. The Morgan fingerprint density at radius 1 is 1.03 bits per heavy atom. The van der Waals surface area contributed by atoms with Crippen LogP contribution < -0.4 is 0 Å². The quantitative estimate of drug-likeness (QED) is 0.423. The molecule has 0 fully saturated rings. The highest BCUT2D eigenvalue weighted by Crippen LogP contribution is 2.29. The van der Waals surface area contributed by atoms with Gasteiger partial charge in [-0.15, -0.1) is 0 Å². The maximum Gasteiger partial charge on any atom is 0.340 e. The van der Waals surface area contributed by atoms with E-state index < -0.39 is 18.1 Å². The van der Waals surface area contributed by atoms with Gasteiger partial charge in [-0.05, 0) is 41.5 Å². The molecule has 146 valence electrons. The Morgan fingerprint density at radius 2 is 1.72 bits per heavy atom. The van der Waals surface area contributed by atoms with Gasteiger partial charge in [-0.2, -0.15) is 5.26 Å². The molecule has 3 aromatic carbocycles. The monoisotopic (exact) mass is 389 g/mol. The van der Waals surface area contributed by atoms with Crippen LogP contribution in [0.3, 0.4) is 0 Å². The highest BCUT2D eigenvalue weighted by molar-refractivity contribution is 6.04. The number of rotatable bonds is 7. The lowest BCUT2D eigenvalue weighted by Gasteiger charge is -2.18. The molecule has 0 saturated carbocycles. The molecular formula is C24H20FNO3. The zero-order valence-electron chi connectivity index (χ0n) is 16.0. The summed E-state index contributed by atoms with van der Waals surface area (Å²) in [4.78, 5) is 25.1. The number of fused-ring (bicyclic) bond motifs is 1. The van der Waals surface area contributed by atoms with Gasteiger partial charge in [-0.1, -0.05) is 48.5 Å². The van der Waals surface area contributed by atoms with Crippen molar-refractivity contribution in [3.05, 3.63) is 83.4 Å². The van der Waals surface area contributed by atoms with E-state index in [4.69, 9.17) is 10.00 Å². The van der Waals surface area contributed by atoms with Crippen molar-refractivity contribution in [2.24, 2.45) is 0 Å². The molecule has 0 bridgehead atoms. The third-order valence-electron chi connectivity index (χ3n) is 4.78. The maximum absolute atomic E-state index is 14.5. The molecule has 0 amide bonds. The van der Waals surface area contributed by atoms with E-state index in [2.05, 4.69) is 0 Å². The molecule has 0 heterocycles. The fraction of sp³-hybridized carbons (Fsp3) is 0.208. The predicted octanol–water partition coefficient (Wildman–Crippen LogP) is 4.97. The molecule has 29 heavy (non-hydrogen) atoms. The molecule has 3 rings (SSSR count). The van der Waals surface area contributed by atoms with Crippen LogP contribution in [0.2, 0.25) is 0 Å². The minimum Gasteiger partial charge on any atom is -0.464 e. The van der Waals surface area contributed by atoms with Gasteiger partial charge < -0.3 is 4.74 Å². The van der Waals surface area contributed by atoms with Crippen LogP contribution in [0.4, 0.5) is 4.39 Å². The Morgan fingerprint density at radius 3 is 2.38 bits per heavy atom. The summed E-state index contributed by atoms with van der Waals surface area (Å²) < 4.78 is 19.3. The first kappa shape index (κ1) is 20.2. The van der Waals surface area contributed by atoms with Gasteiger partial charge in [-0.25, -0.2) is 9.18 Å². The van der Waals surface area contributed by atoms with Gasteiger partial charge >= 0.3 is 5.97 Å². The largest absolute Gasteiger partial charge is 0.464 e. The summed E-state index contributed by atoms with van der Waals surface area (Å²) in [5, 5.41) is 10.9. The molecule has 0 aliphatic carbocycles. The number of halogens is 1. The van der Waals surface area contributed by atoms with Crippen LogP contribution in [0.5, 0.6) is 0 Å². The molecule has 0 aliphatic heterocycles. The Labute approximate surface area is 168 Å². The maximum atomic E-state index is 14.5. The van der Waals surface area contributed by atoms with E-state index in [1.54, 1.807) is 43.3 Å². The second-order valence-corrected chi connectivity index (χ2v) is 6.67. The molecular weight excluding hydrogens is 369 g/mol. The average Bonchev–Trinajstić information content (AvgIpc) is 2.76. The van der Waals surface area contributed by atoms with Gasteiger partial charge in [0.15, 0.2) is 12.0 Å². The van der Waals surface area contributed by atoms with E-state index in [0.29, 0.717) is 16.7 Å². The van der Waals surface area contributed by atoms with Gasteiger partial charge in [0.05, 0.1) is 24.2 Å². The Bertz CT molecular complexity index is 1070. The molecule has 3 aromatic rings. The van der Waals surface area contributed by atoms with Gasteiger partial charge in [0, 0.05) is 12.0 Å². The molecule has 4 nitrogen and oxygen atoms in total. The Kier molecular flexibility index (Phi) is 6.36. The highest BCUT2D eigenvalue weighted by Gasteiger charge is 2.30. The van der Waals surface area contributed by atoms with Crippen molar-refractivity contribution in [1.29, 1.82) is 5.26 Å². The van der Waals surface area contributed by atoms with Crippen molar-refractivity contribution in [2.75, 3.05) is 6.61 Å². The fourth-order valence-electron chi connectivity index (χ4n) is 3.26. The minimum atomic E-state index is -1.92. The molecule has 0 aromatic heterocycles. The number of esters is 1. The molecule has 0 radical (unpaired) electrons. The van der Waals surface area contributed by atoms with Crippen LogP contribution in [0.1, 0.15) is 40.7 Å². The third-order valence-corrected chi connectivity index (χ3v) is 4.78. The number of benzene rings is 3. The molecule has 2 atom stereocenters. The number of Topliss-reactive ketones (excluding diaryl/α,β-unsaturated/α-hetero) is 1. The van der Waals surface area contributed by atoms with E-state index in [1.807, 2.05) is 36.4 Å². The summed E-state index contributed by atoms with van der Waals surface area (Å²) in [6.07, 6.45) is -2.24. The van der Waals surface area contributed by atoms with Crippen molar-refractivity contribution in [1.82, 2.24) is 0 Å². The number of ether oxygens (including phenoxy) is 1.